The highest BCUT2D eigenvalue weighted by molar-refractivity contribution is 7.89. The molecule has 3 N–H and O–H groups in total. The van der Waals surface area contributed by atoms with E-state index < -0.39 is 28.1 Å². The molecule has 1 aromatic carbocycles. The Morgan fingerprint density at radius 1 is 1.06 bits per heavy atom. The molecule has 1 aromatic rings. The van der Waals surface area contributed by atoms with Crippen molar-refractivity contribution in [1.82, 2.24) is 14.9 Å². The van der Waals surface area contributed by atoms with Crippen LogP contribution in [0.25, 0.3) is 0 Å². The average molecular weight is 454 g/mol. The molecule has 1 saturated heterocycles. The second-order valence-corrected chi connectivity index (χ2v) is 10.0. The summed E-state index contributed by atoms with van der Waals surface area (Å²) in [6, 6.07) is 4.49. The van der Waals surface area contributed by atoms with E-state index in [0.29, 0.717) is 25.9 Å². The van der Waals surface area contributed by atoms with Crippen LogP contribution in [0.15, 0.2) is 29.2 Å². The molecule has 0 spiro atoms. The number of piperidine rings is 1. The molecule has 0 radical (unpaired) electrons. The molecule has 0 aliphatic carbocycles. The number of amides is 2. The molecule has 31 heavy (non-hydrogen) atoms. The van der Waals surface area contributed by atoms with Gasteiger partial charge in [0, 0.05) is 19.0 Å². The molecule has 2 amide bonds. The van der Waals surface area contributed by atoms with Crippen molar-refractivity contribution in [2.24, 2.45) is 11.8 Å². The topological polar surface area (TPSA) is 133 Å². The minimum absolute atomic E-state index is 0.0967. The van der Waals surface area contributed by atoms with Crippen LogP contribution in [-0.4, -0.2) is 61.4 Å². The van der Waals surface area contributed by atoms with Crippen molar-refractivity contribution in [3.8, 4) is 0 Å². The Morgan fingerprint density at radius 3 is 2.10 bits per heavy atom. The van der Waals surface area contributed by atoms with E-state index >= 15 is 0 Å². The molecule has 2 rings (SSSR count). The Bertz CT molecular complexity index is 906. The summed E-state index contributed by atoms with van der Waals surface area (Å²) in [6.07, 6.45) is 0.777. The molecule has 1 aliphatic heterocycles. The third-order valence-corrected chi connectivity index (χ3v) is 6.91. The van der Waals surface area contributed by atoms with Gasteiger partial charge >= 0.3 is 5.97 Å². The minimum Gasteiger partial charge on any atom is -0.480 e. The van der Waals surface area contributed by atoms with Gasteiger partial charge in [-0.3, -0.25) is 14.4 Å². The molecule has 9 nitrogen and oxygen atoms in total. The fourth-order valence-electron chi connectivity index (χ4n) is 3.38. The van der Waals surface area contributed by atoms with E-state index in [1.54, 1.807) is 30.9 Å². The number of carboxylic acids is 1. The summed E-state index contributed by atoms with van der Waals surface area (Å²) in [6.45, 7) is 7.39. The number of nitrogens with one attached hydrogen (secondary N) is 2. The van der Waals surface area contributed by atoms with E-state index in [9.17, 15) is 22.8 Å². The van der Waals surface area contributed by atoms with E-state index in [0.717, 1.165) is 5.56 Å². The number of sulfonamides is 1. The molecule has 1 aliphatic rings. The lowest BCUT2D eigenvalue weighted by Gasteiger charge is -2.35. The summed E-state index contributed by atoms with van der Waals surface area (Å²) in [5.41, 5.74) is 0.931. The van der Waals surface area contributed by atoms with Gasteiger partial charge in [0.25, 0.3) is 0 Å². The summed E-state index contributed by atoms with van der Waals surface area (Å²) in [4.78, 5) is 37.9. The first-order valence-corrected chi connectivity index (χ1v) is 11.8. The van der Waals surface area contributed by atoms with Gasteiger partial charge in [0.2, 0.25) is 21.8 Å². The van der Waals surface area contributed by atoms with E-state index in [4.69, 9.17) is 5.11 Å². The molecule has 1 fully saturated rings. The van der Waals surface area contributed by atoms with Gasteiger partial charge < -0.3 is 15.3 Å². The predicted octanol–water partition coefficient (Wildman–Crippen LogP) is 1.13. The number of aliphatic carboxylic acids is 1. The van der Waals surface area contributed by atoms with Crippen LogP contribution in [0.4, 0.5) is 0 Å². The van der Waals surface area contributed by atoms with E-state index in [-0.39, 0.29) is 28.5 Å². The molecule has 2 atom stereocenters. The molecule has 0 saturated carbocycles. The summed E-state index contributed by atoms with van der Waals surface area (Å²) < 4.78 is 28.1. The van der Waals surface area contributed by atoms with E-state index in [1.807, 2.05) is 6.92 Å². The first-order chi connectivity index (χ1) is 14.4. The van der Waals surface area contributed by atoms with E-state index in [2.05, 4.69) is 10.0 Å². The van der Waals surface area contributed by atoms with Crippen molar-refractivity contribution >= 4 is 27.8 Å². The maximum absolute atomic E-state index is 13.1. The fourth-order valence-corrected chi connectivity index (χ4v) is 4.71. The first-order valence-electron chi connectivity index (χ1n) is 10.3. The molecule has 1 heterocycles. The van der Waals surface area contributed by atoms with Crippen molar-refractivity contribution in [3.63, 3.8) is 0 Å². The largest absolute Gasteiger partial charge is 0.480 e. The molecule has 0 unspecified atom stereocenters. The summed E-state index contributed by atoms with van der Waals surface area (Å²) in [5, 5.41) is 11.4. The van der Waals surface area contributed by atoms with Gasteiger partial charge in [-0.25, -0.2) is 8.42 Å². The monoisotopic (exact) mass is 453 g/mol. The van der Waals surface area contributed by atoms with Crippen LogP contribution in [0, 0.1) is 18.8 Å². The number of rotatable bonds is 8. The van der Waals surface area contributed by atoms with Gasteiger partial charge in [-0.1, -0.05) is 31.5 Å². The Kier molecular flexibility index (Phi) is 8.19. The summed E-state index contributed by atoms with van der Waals surface area (Å²) in [7, 11) is -3.87. The van der Waals surface area contributed by atoms with Gasteiger partial charge in [0.05, 0.1) is 4.90 Å². The Labute approximate surface area is 183 Å². The maximum atomic E-state index is 13.1. The second-order valence-electron chi connectivity index (χ2n) is 8.32. The lowest BCUT2D eigenvalue weighted by molar-refractivity contribution is -0.142. The zero-order chi connectivity index (χ0) is 23.3. The highest BCUT2D eigenvalue weighted by Gasteiger charge is 2.35. The van der Waals surface area contributed by atoms with Crippen LogP contribution in [0.2, 0.25) is 0 Å². The number of carboxylic acid groups (broad SMARTS) is 1. The number of hydrogen-bond donors (Lipinski definition) is 3. The lowest BCUT2D eigenvalue weighted by Crippen LogP contribution is -2.54. The van der Waals surface area contributed by atoms with Gasteiger partial charge in [-0.15, -0.1) is 0 Å². The van der Waals surface area contributed by atoms with Gasteiger partial charge in [-0.05, 0) is 44.7 Å². The minimum atomic E-state index is -3.87. The van der Waals surface area contributed by atoms with Crippen molar-refractivity contribution in [1.29, 1.82) is 0 Å². The normalized spacial score (nSPS) is 17.3. The van der Waals surface area contributed by atoms with Crippen molar-refractivity contribution in [3.05, 3.63) is 29.8 Å². The molecule has 0 aromatic heterocycles. The molecular formula is C21H31N3O6S. The van der Waals surface area contributed by atoms with E-state index in [1.165, 1.54) is 19.1 Å². The number of carbonyl (C=O) groups is 3. The number of hydrogen-bond acceptors (Lipinski definition) is 5. The summed E-state index contributed by atoms with van der Waals surface area (Å²) >= 11 is 0. The van der Waals surface area contributed by atoms with Gasteiger partial charge in [0.15, 0.2) is 0 Å². The molecule has 0 bridgehead atoms. The third-order valence-electron chi connectivity index (χ3n) is 5.45. The Morgan fingerprint density at radius 2 is 1.61 bits per heavy atom. The van der Waals surface area contributed by atoms with Crippen LogP contribution in [0.5, 0.6) is 0 Å². The Hall–Kier alpha value is -2.46. The van der Waals surface area contributed by atoms with Crippen LogP contribution >= 0.6 is 0 Å². The SMILES string of the molecule is Cc1ccc(S(=O)(=O)N[C@H](C(=O)N2CCC(C(=O)N[C@H](C)C(=O)O)CC2)C(C)C)cc1. The number of likely N-dealkylation sites (tertiary alicyclic amines) is 1. The standard InChI is InChI=1S/C21H31N3O6S/c1-13(2)18(23-31(29,30)17-7-5-14(3)6-8-17)20(26)24-11-9-16(10-12-24)19(25)22-15(4)21(27)28/h5-8,13,15-16,18,23H,9-12H2,1-4H3,(H,22,25)(H,27,28)/t15-,18+/m1/s1. The number of benzene rings is 1. The van der Waals surface area contributed by atoms with Gasteiger partial charge in [-0.2, -0.15) is 4.72 Å². The smallest absolute Gasteiger partial charge is 0.325 e. The van der Waals surface area contributed by atoms with Gasteiger partial charge in [0.1, 0.15) is 12.1 Å². The zero-order valence-corrected chi connectivity index (χ0v) is 19.1. The number of carbonyl (C=O) groups excluding carboxylic acids is 2. The summed E-state index contributed by atoms with van der Waals surface area (Å²) in [5.74, 6) is -2.44. The fraction of sp³-hybridized carbons (Fsp3) is 0.571. The molecular weight excluding hydrogens is 422 g/mol. The zero-order valence-electron chi connectivity index (χ0n) is 18.3. The van der Waals surface area contributed by atoms with Crippen molar-refractivity contribution in [2.75, 3.05) is 13.1 Å². The first kappa shape index (κ1) is 24.8. The second kappa shape index (κ2) is 10.2. The van der Waals surface area contributed by atoms with Crippen LogP contribution in [0.3, 0.4) is 0 Å². The average Bonchev–Trinajstić information content (AvgIpc) is 2.71. The molecule has 172 valence electrons. The lowest BCUT2D eigenvalue weighted by atomic mass is 9.94. The third kappa shape index (κ3) is 6.51. The highest BCUT2D eigenvalue weighted by Crippen LogP contribution is 2.21. The highest BCUT2D eigenvalue weighted by atomic mass is 32.2. The number of aryl methyl sites for hydroxylation is 1. The molecule has 10 heteroatoms. The van der Waals surface area contributed by atoms with Crippen molar-refractivity contribution in [2.45, 2.75) is 57.5 Å². The Balaban J connectivity index is 2.02. The van der Waals surface area contributed by atoms with Crippen molar-refractivity contribution < 1.29 is 27.9 Å². The quantitative estimate of drug-likeness (QED) is 0.540. The number of nitrogens with zero attached hydrogens (tertiary/aromatic N) is 1. The van der Waals surface area contributed by atoms with Crippen LogP contribution < -0.4 is 10.0 Å². The van der Waals surface area contributed by atoms with Crippen LogP contribution in [-0.2, 0) is 24.4 Å². The predicted molar refractivity (Wildman–Crippen MR) is 115 cm³/mol. The maximum Gasteiger partial charge on any atom is 0.325 e. The van der Waals surface area contributed by atoms with Crippen LogP contribution in [0.1, 0.15) is 39.2 Å².